The first-order valence-corrected chi connectivity index (χ1v) is 14.9. The van der Waals surface area contributed by atoms with Crippen molar-refractivity contribution in [2.45, 2.75) is 37.9 Å². The first-order valence-electron chi connectivity index (χ1n) is 12.6. The van der Waals surface area contributed by atoms with E-state index < -0.39 is 10.0 Å². The SMILES string of the molecule is CCN(Cc1ccccc1)S(=O)(=O)c1ccc(C(=O)Nc2nc3c(s2)CN(Cc2ccccc2)CC3)cc1.Cl. The highest BCUT2D eigenvalue weighted by atomic mass is 35.5. The molecule has 0 atom stereocenters. The molecular formula is C29H31ClN4O3S2. The zero-order chi connectivity index (χ0) is 26.5. The van der Waals surface area contributed by atoms with Crippen molar-refractivity contribution in [3.8, 4) is 0 Å². The Bertz CT molecular complexity index is 1490. The van der Waals surface area contributed by atoms with Gasteiger partial charge in [-0.05, 0) is 35.4 Å². The molecule has 0 radical (unpaired) electrons. The Morgan fingerprint density at radius 2 is 1.62 bits per heavy atom. The van der Waals surface area contributed by atoms with Crippen LogP contribution < -0.4 is 5.32 Å². The summed E-state index contributed by atoms with van der Waals surface area (Å²) in [6, 6.07) is 26.0. The van der Waals surface area contributed by atoms with Crippen LogP contribution in [-0.4, -0.2) is 41.6 Å². The number of sulfonamides is 1. The molecule has 7 nitrogen and oxygen atoms in total. The Balaban J connectivity index is 0.00000353. The van der Waals surface area contributed by atoms with Gasteiger partial charge in [0.25, 0.3) is 5.91 Å². The number of benzene rings is 3. The summed E-state index contributed by atoms with van der Waals surface area (Å²) in [6.45, 7) is 5.07. The number of carbonyl (C=O) groups is 1. The molecule has 1 aliphatic heterocycles. The number of hydrogen-bond donors (Lipinski definition) is 1. The van der Waals surface area contributed by atoms with Crippen LogP contribution in [0.25, 0.3) is 0 Å². The zero-order valence-corrected chi connectivity index (χ0v) is 24.1. The Morgan fingerprint density at radius 1 is 0.974 bits per heavy atom. The van der Waals surface area contributed by atoms with Gasteiger partial charge in [0, 0.05) is 49.6 Å². The van der Waals surface area contributed by atoms with E-state index in [1.807, 2.05) is 43.3 Å². The second-order valence-corrected chi connectivity index (χ2v) is 12.3. The minimum Gasteiger partial charge on any atom is -0.298 e. The number of aromatic nitrogens is 1. The summed E-state index contributed by atoms with van der Waals surface area (Å²) >= 11 is 1.50. The van der Waals surface area contributed by atoms with Crippen molar-refractivity contribution in [1.82, 2.24) is 14.2 Å². The van der Waals surface area contributed by atoms with Gasteiger partial charge in [0.1, 0.15) is 0 Å². The number of thiazole rings is 1. The van der Waals surface area contributed by atoms with Crippen LogP contribution >= 0.6 is 23.7 Å². The maximum Gasteiger partial charge on any atom is 0.257 e. The van der Waals surface area contributed by atoms with Crippen molar-refractivity contribution >= 4 is 44.8 Å². The average Bonchev–Trinajstić information content (AvgIpc) is 3.34. The number of anilines is 1. The van der Waals surface area contributed by atoms with Crippen LogP contribution in [0.2, 0.25) is 0 Å². The van der Waals surface area contributed by atoms with Crippen LogP contribution in [0.3, 0.4) is 0 Å². The zero-order valence-electron chi connectivity index (χ0n) is 21.6. The van der Waals surface area contributed by atoms with Crippen LogP contribution in [0.15, 0.2) is 89.8 Å². The second kappa shape index (κ2) is 12.8. The maximum absolute atomic E-state index is 13.2. The molecule has 204 valence electrons. The molecule has 2 heterocycles. The lowest BCUT2D eigenvalue weighted by molar-refractivity contribution is 0.102. The summed E-state index contributed by atoms with van der Waals surface area (Å²) in [5.41, 5.74) is 3.62. The van der Waals surface area contributed by atoms with Gasteiger partial charge in [0.15, 0.2) is 5.13 Å². The Labute approximate surface area is 240 Å². The van der Waals surface area contributed by atoms with Gasteiger partial charge in [-0.25, -0.2) is 13.4 Å². The summed E-state index contributed by atoms with van der Waals surface area (Å²) < 4.78 is 27.8. The highest BCUT2D eigenvalue weighted by Crippen LogP contribution is 2.29. The number of carbonyl (C=O) groups excluding carboxylic acids is 1. The highest BCUT2D eigenvalue weighted by Gasteiger charge is 2.24. The molecular weight excluding hydrogens is 552 g/mol. The fourth-order valence-corrected chi connectivity index (χ4v) is 7.01. The molecule has 0 fully saturated rings. The van der Waals surface area contributed by atoms with Gasteiger partial charge in [-0.1, -0.05) is 67.6 Å². The molecule has 39 heavy (non-hydrogen) atoms. The van der Waals surface area contributed by atoms with Crippen molar-refractivity contribution in [3.63, 3.8) is 0 Å². The fourth-order valence-electron chi connectivity index (χ4n) is 4.53. The minimum absolute atomic E-state index is 0. The van der Waals surface area contributed by atoms with Crippen molar-refractivity contribution in [2.75, 3.05) is 18.4 Å². The molecule has 5 rings (SSSR count). The molecule has 0 bridgehead atoms. The Kier molecular flexibility index (Phi) is 9.53. The lowest BCUT2D eigenvalue weighted by Gasteiger charge is -2.25. The van der Waals surface area contributed by atoms with Crippen molar-refractivity contribution in [2.24, 2.45) is 0 Å². The van der Waals surface area contributed by atoms with E-state index in [0.717, 1.165) is 37.3 Å². The molecule has 1 aromatic heterocycles. The predicted octanol–water partition coefficient (Wildman–Crippen LogP) is 5.59. The lowest BCUT2D eigenvalue weighted by atomic mass is 10.1. The van der Waals surface area contributed by atoms with E-state index in [1.54, 1.807) is 12.1 Å². The molecule has 0 unspecified atom stereocenters. The average molecular weight is 583 g/mol. The van der Waals surface area contributed by atoms with Gasteiger partial charge in [0.05, 0.1) is 10.6 Å². The third kappa shape index (κ3) is 6.93. The van der Waals surface area contributed by atoms with Crippen molar-refractivity contribution in [1.29, 1.82) is 0 Å². The third-order valence-electron chi connectivity index (χ3n) is 6.59. The number of nitrogens with zero attached hydrogens (tertiary/aromatic N) is 3. The van der Waals surface area contributed by atoms with Crippen LogP contribution in [0.5, 0.6) is 0 Å². The smallest absolute Gasteiger partial charge is 0.257 e. The van der Waals surface area contributed by atoms with E-state index in [0.29, 0.717) is 23.8 Å². The summed E-state index contributed by atoms with van der Waals surface area (Å²) in [7, 11) is -3.69. The molecule has 0 saturated carbocycles. The normalized spacial score (nSPS) is 13.5. The van der Waals surface area contributed by atoms with Gasteiger partial charge >= 0.3 is 0 Å². The Morgan fingerprint density at radius 3 is 2.26 bits per heavy atom. The third-order valence-corrected chi connectivity index (χ3v) is 9.52. The number of nitrogens with one attached hydrogen (secondary N) is 1. The monoisotopic (exact) mass is 582 g/mol. The summed E-state index contributed by atoms with van der Waals surface area (Å²) in [4.78, 5) is 21.3. The topological polar surface area (TPSA) is 82.6 Å². The molecule has 0 saturated heterocycles. The summed E-state index contributed by atoms with van der Waals surface area (Å²) in [6.07, 6.45) is 0.845. The summed E-state index contributed by atoms with van der Waals surface area (Å²) in [5.74, 6) is -0.308. The first-order chi connectivity index (χ1) is 18.4. The van der Waals surface area contributed by atoms with E-state index in [9.17, 15) is 13.2 Å². The van der Waals surface area contributed by atoms with Crippen LogP contribution in [-0.2, 0) is 36.1 Å². The lowest BCUT2D eigenvalue weighted by Crippen LogP contribution is -2.30. The fraction of sp³-hybridized carbons (Fsp3) is 0.241. The number of amides is 1. The van der Waals surface area contributed by atoms with Gasteiger partial charge in [0.2, 0.25) is 10.0 Å². The van der Waals surface area contributed by atoms with Gasteiger partial charge in [-0.2, -0.15) is 4.31 Å². The quantitative estimate of drug-likeness (QED) is 0.278. The number of hydrogen-bond acceptors (Lipinski definition) is 6. The molecule has 0 aliphatic carbocycles. The predicted molar refractivity (Wildman–Crippen MR) is 158 cm³/mol. The van der Waals surface area contributed by atoms with E-state index in [1.165, 1.54) is 38.2 Å². The Hall–Kier alpha value is -3.08. The van der Waals surface area contributed by atoms with Crippen molar-refractivity contribution in [3.05, 3.63) is 112 Å². The molecule has 4 aromatic rings. The summed E-state index contributed by atoms with van der Waals surface area (Å²) in [5, 5.41) is 3.46. The molecule has 1 amide bonds. The molecule has 0 spiro atoms. The van der Waals surface area contributed by atoms with Crippen LogP contribution in [0, 0.1) is 0 Å². The minimum atomic E-state index is -3.69. The van der Waals surface area contributed by atoms with Gasteiger partial charge in [-0.3, -0.25) is 15.0 Å². The maximum atomic E-state index is 13.2. The van der Waals surface area contributed by atoms with E-state index >= 15 is 0 Å². The molecule has 10 heteroatoms. The number of fused-ring (bicyclic) bond motifs is 1. The van der Waals surface area contributed by atoms with Gasteiger partial charge in [-0.15, -0.1) is 23.7 Å². The molecule has 1 aliphatic rings. The van der Waals surface area contributed by atoms with E-state index in [2.05, 4.69) is 39.5 Å². The number of rotatable bonds is 9. The molecule has 1 N–H and O–H groups in total. The van der Waals surface area contributed by atoms with Crippen LogP contribution in [0.4, 0.5) is 5.13 Å². The number of halogens is 1. The second-order valence-electron chi connectivity index (χ2n) is 9.23. The largest absolute Gasteiger partial charge is 0.298 e. The van der Waals surface area contributed by atoms with Crippen molar-refractivity contribution < 1.29 is 13.2 Å². The first kappa shape index (κ1) is 28.9. The van der Waals surface area contributed by atoms with E-state index in [-0.39, 0.29) is 23.2 Å². The van der Waals surface area contributed by atoms with Gasteiger partial charge < -0.3 is 0 Å². The standard InChI is InChI=1S/C29H30N4O3S2.ClH/c1-2-33(20-23-11-7-4-8-12-23)38(35,36)25-15-13-24(14-16-25)28(34)31-29-30-26-17-18-32(21-27(26)37-29)19-22-9-5-3-6-10-22;/h3-16H,2,17-21H2,1H3,(H,30,31,34);1H. The molecule has 3 aromatic carbocycles. The van der Waals surface area contributed by atoms with Crippen LogP contribution in [0.1, 0.15) is 39.0 Å². The highest BCUT2D eigenvalue weighted by molar-refractivity contribution is 7.89. The van der Waals surface area contributed by atoms with E-state index in [4.69, 9.17) is 0 Å².